The molecule has 2 aromatic carbocycles. The van der Waals surface area contributed by atoms with Gasteiger partial charge >= 0.3 is 0 Å². The van der Waals surface area contributed by atoms with Crippen LogP contribution in [-0.2, 0) is 9.53 Å². The van der Waals surface area contributed by atoms with Crippen LogP contribution < -0.4 is 4.74 Å². The number of Topliss-reactive ketones (excluding diaryl/α,β-unsaturated/α-hetero) is 1. The van der Waals surface area contributed by atoms with E-state index >= 15 is 0 Å². The lowest BCUT2D eigenvalue weighted by molar-refractivity contribution is -0.129. The molecule has 2 aliphatic rings. The number of para-hydroxylation sites is 2. The lowest BCUT2D eigenvalue weighted by atomic mass is 9.94. The summed E-state index contributed by atoms with van der Waals surface area (Å²) in [5.74, 6) is -0.767. The van der Waals surface area contributed by atoms with Gasteiger partial charge in [0.25, 0.3) is 5.91 Å². The fourth-order valence-corrected chi connectivity index (χ4v) is 6.65. The Balaban J connectivity index is 1.37. The molecular formula is C29H30N4O5S. The molecule has 1 atom stereocenters. The van der Waals surface area contributed by atoms with Gasteiger partial charge in [-0.05, 0) is 43.2 Å². The van der Waals surface area contributed by atoms with E-state index in [0.717, 1.165) is 36.4 Å². The van der Waals surface area contributed by atoms with Gasteiger partial charge in [0, 0.05) is 31.9 Å². The van der Waals surface area contributed by atoms with Gasteiger partial charge in [0.1, 0.15) is 5.75 Å². The van der Waals surface area contributed by atoms with E-state index in [1.54, 1.807) is 12.0 Å². The van der Waals surface area contributed by atoms with Crippen LogP contribution in [0.1, 0.15) is 33.4 Å². The van der Waals surface area contributed by atoms with E-state index in [2.05, 4.69) is 9.88 Å². The topological polar surface area (TPSA) is 96.6 Å². The van der Waals surface area contributed by atoms with Crippen molar-refractivity contribution in [3.05, 3.63) is 76.0 Å². The molecule has 9 nitrogen and oxygen atoms in total. The van der Waals surface area contributed by atoms with E-state index in [9.17, 15) is 14.7 Å². The molecule has 6 rings (SSSR count). The summed E-state index contributed by atoms with van der Waals surface area (Å²) in [4.78, 5) is 37.3. The van der Waals surface area contributed by atoms with Crippen LogP contribution in [0.2, 0.25) is 0 Å². The zero-order chi connectivity index (χ0) is 27.1. The number of hydrogen-bond acceptors (Lipinski definition) is 8. The summed E-state index contributed by atoms with van der Waals surface area (Å²) < 4.78 is 12.8. The number of morpholine rings is 1. The molecule has 1 unspecified atom stereocenters. The van der Waals surface area contributed by atoms with Crippen LogP contribution in [0.3, 0.4) is 0 Å². The number of aryl methyl sites for hydroxylation is 1. The molecule has 4 heterocycles. The quantitative estimate of drug-likeness (QED) is 0.332. The maximum atomic E-state index is 14.2. The molecule has 10 heteroatoms. The molecule has 1 amide bonds. The number of ether oxygens (including phenoxy) is 2. The summed E-state index contributed by atoms with van der Waals surface area (Å²) in [5, 5.41) is 11.1. The zero-order valence-electron chi connectivity index (χ0n) is 21.9. The van der Waals surface area contributed by atoms with Gasteiger partial charge < -0.3 is 19.5 Å². The van der Waals surface area contributed by atoms with E-state index in [0.29, 0.717) is 47.3 Å². The Bertz CT molecular complexity index is 1600. The van der Waals surface area contributed by atoms with Crippen LogP contribution in [0.5, 0.6) is 5.75 Å². The van der Waals surface area contributed by atoms with Crippen LogP contribution in [0.15, 0.2) is 59.9 Å². The number of carbonyl (C=O) groups excluding carboxylic acids is 2. The van der Waals surface area contributed by atoms with Gasteiger partial charge in [0.2, 0.25) is 5.78 Å². The molecule has 1 N–H and O–H groups in total. The summed E-state index contributed by atoms with van der Waals surface area (Å²) >= 11 is 1.27. The predicted octanol–water partition coefficient (Wildman–Crippen LogP) is 4.17. The number of methoxy groups -OCH3 is 1. The number of aliphatic hydroxyl groups excluding tert-OH is 1. The number of carbonyl (C=O) groups is 2. The Morgan fingerprint density at radius 3 is 2.74 bits per heavy atom. The fraction of sp³-hybridized carbons (Fsp3) is 0.345. The SMILES string of the molecule is COc1cccc(C2C(C(=O)c3sc4nc5ccccc5n4c3C)=C(O)C(=O)N2CCCN2CCOCC2)c1. The van der Waals surface area contributed by atoms with E-state index < -0.39 is 17.7 Å². The molecule has 0 aliphatic carbocycles. The van der Waals surface area contributed by atoms with Crippen LogP contribution in [-0.4, -0.2) is 82.5 Å². The Morgan fingerprint density at radius 2 is 1.95 bits per heavy atom. The summed E-state index contributed by atoms with van der Waals surface area (Å²) in [6, 6.07) is 14.4. The van der Waals surface area contributed by atoms with Crippen molar-refractivity contribution in [3.8, 4) is 5.75 Å². The van der Waals surface area contributed by atoms with Gasteiger partial charge in [0.05, 0.1) is 47.8 Å². The molecule has 2 aromatic heterocycles. The first-order valence-corrected chi connectivity index (χ1v) is 13.9. The molecule has 0 saturated carbocycles. The third-order valence-electron chi connectivity index (χ3n) is 7.53. The zero-order valence-corrected chi connectivity index (χ0v) is 22.7. The van der Waals surface area contributed by atoms with Crippen LogP contribution >= 0.6 is 11.3 Å². The Labute approximate surface area is 229 Å². The van der Waals surface area contributed by atoms with E-state index in [1.165, 1.54) is 11.3 Å². The molecule has 0 spiro atoms. The lowest BCUT2D eigenvalue weighted by Gasteiger charge is -2.30. The molecule has 39 heavy (non-hydrogen) atoms. The van der Waals surface area contributed by atoms with Gasteiger partial charge in [-0.1, -0.05) is 35.6 Å². The third-order valence-corrected chi connectivity index (χ3v) is 8.67. The average Bonchev–Trinajstić information content (AvgIpc) is 3.58. The second-order valence-electron chi connectivity index (χ2n) is 9.81. The second kappa shape index (κ2) is 10.4. The monoisotopic (exact) mass is 546 g/mol. The Morgan fingerprint density at radius 1 is 1.15 bits per heavy atom. The maximum Gasteiger partial charge on any atom is 0.290 e. The molecule has 0 bridgehead atoms. The molecular weight excluding hydrogens is 516 g/mol. The highest BCUT2D eigenvalue weighted by Gasteiger charge is 2.44. The minimum Gasteiger partial charge on any atom is -0.503 e. The maximum absolute atomic E-state index is 14.2. The number of imidazole rings is 1. The number of benzene rings is 2. The molecule has 4 aromatic rings. The standard InChI is InChI=1S/C29H30N4O5S/c1-18-27(39-29-30-21-9-3-4-10-22(21)33(18)29)25(34)23-24(19-7-5-8-20(17-19)37-2)32(28(36)26(23)35)12-6-11-31-13-15-38-16-14-31/h3-5,7-10,17,24,35H,6,11-16H2,1-2H3. The number of hydrogen-bond donors (Lipinski definition) is 1. The lowest BCUT2D eigenvalue weighted by Crippen LogP contribution is -2.39. The Kier molecular flexibility index (Phi) is 6.84. The largest absolute Gasteiger partial charge is 0.503 e. The molecule has 0 radical (unpaired) electrons. The minimum absolute atomic E-state index is 0.0940. The normalized spacial score (nSPS) is 18.6. The van der Waals surface area contributed by atoms with Crippen LogP contribution in [0.4, 0.5) is 0 Å². The highest BCUT2D eigenvalue weighted by atomic mass is 32.1. The predicted molar refractivity (Wildman–Crippen MR) is 149 cm³/mol. The molecule has 1 fully saturated rings. The highest BCUT2D eigenvalue weighted by Crippen LogP contribution is 2.41. The first-order valence-electron chi connectivity index (χ1n) is 13.1. The van der Waals surface area contributed by atoms with E-state index in [4.69, 9.17) is 9.47 Å². The summed E-state index contributed by atoms with van der Waals surface area (Å²) in [5.41, 5.74) is 3.30. The van der Waals surface area contributed by atoms with Crippen molar-refractivity contribution in [2.75, 3.05) is 46.5 Å². The fourth-order valence-electron chi connectivity index (χ4n) is 5.56. The van der Waals surface area contributed by atoms with Crippen LogP contribution in [0.25, 0.3) is 16.0 Å². The number of aromatic nitrogens is 2. The Hall–Kier alpha value is -3.73. The first-order chi connectivity index (χ1) is 19.0. The van der Waals surface area contributed by atoms with Crippen molar-refractivity contribution in [1.29, 1.82) is 0 Å². The van der Waals surface area contributed by atoms with Crippen molar-refractivity contribution in [2.24, 2.45) is 0 Å². The van der Waals surface area contributed by atoms with Crippen molar-refractivity contribution in [1.82, 2.24) is 19.2 Å². The number of thiazole rings is 1. The van der Waals surface area contributed by atoms with Gasteiger partial charge in [0.15, 0.2) is 10.7 Å². The van der Waals surface area contributed by atoms with Crippen molar-refractivity contribution < 1.29 is 24.2 Å². The molecule has 1 saturated heterocycles. The van der Waals surface area contributed by atoms with E-state index in [1.807, 2.05) is 59.9 Å². The van der Waals surface area contributed by atoms with Crippen molar-refractivity contribution in [2.45, 2.75) is 19.4 Å². The highest BCUT2D eigenvalue weighted by molar-refractivity contribution is 7.19. The molecule has 202 valence electrons. The number of ketones is 1. The number of amides is 1. The van der Waals surface area contributed by atoms with Gasteiger partial charge in [-0.2, -0.15) is 0 Å². The number of rotatable bonds is 8. The van der Waals surface area contributed by atoms with Crippen LogP contribution in [0, 0.1) is 6.92 Å². The van der Waals surface area contributed by atoms with E-state index in [-0.39, 0.29) is 11.4 Å². The summed E-state index contributed by atoms with van der Waals surface area (Å²) in [7, 11) is 1.58. The smallest absolute Gasteiger partial charge is 0.290 e. The number of fused-ring (bicyclic) bond motifs is 3. The summed E-state index contributed by atoms with van der Waals surface area (Å²) in [6.07, 6.45) is 0.707. The molecule has 2 aliphatic heterocycles. The third kappa shape index (κ3) is 4.48. The first kappa shape index (κ1) is 25.5. The van der Waals surface area contributed by atoms with Gasteiger partial charge in [-0.25, -0.2) is 4.98 Å². The summed E-state index contributed by atoms with van der Waals surface area (Å²) in [6.45, 7) is 6.19. The minimum atomic E-state index is -0.727. The number of aliphatic hydroxyl groups is 1. The number of nitrogens with zero attached hydrogens (tertiary/aromatic N) is 4. The van der Waals surface area contributed by atoms with Gasteiger partial charge in [-0.15, -0.1) is 0 Å². The average molecular weight is 547 g/mol. The van der Waals surface area contributed by atoms with Crippen molar-refractivity contribution in [3.63, 3.8) is 0 Å². The van der Waals surface area contributed by atoms with Gasteiger partial charge in [-0.3, -0.25) is 18.9 Å². The second-order valence-corrected chi connectivity index (χ2v) is 10.8. The van der Waals surface area contributed by atoms with Crippen molar-refractivity contribution >= 4 is 39.0 Å².